The lowest BCUT2D eigenvalue weighted by molar-refractivity contribution is -0.148. The Bertz CT molecular complexity index is 687. The van der Waals surface area contributed by atoms with Crippen LogP contribution < -0.4 is 5.73 Å². The molecular weight excluding hydrogens is 304 g/mol. The molecule has 2 aromatic heterocycles. The van der Waals surface area contributed by atoms with E-state index in [0.29, 0.717) is 11.1 Å². The summed E-state index contributed by atoms with van der Waals surface area (Å²) in [6, 6.07) is 2.43. The number of fused-ring (bicyclic) bond motifs is 1. The van der Waals surface area contributed by atoms with Crippen LogP contribution in [0, 0.1) is 5.92 Å². The average molecular weight is 324 g/mol. The zero-order valence-electron chi connectivity index (χ0n) is 13.0. The average Bonchev–Trinajstić information content (AvgIpc) is 3.07. The summed E-state index contributed by atoms with van der Waals surface area (Å²) in [5.74, 6) is -1.56. The van der Waals surface area contributed by atoms with Crippen LogP contribution in [0.2, 0.25) is 0 Å². The summed E-state index contributed by atoms with van der Waals surface area (Å²) in [5.41, 5.74) is 6.83. The maximum Gasteiger partial charge on any atom is 0.352 e. The summed E-state index contributed by atoms with van der Waals surface area (Å²) in [6.07, 6.45) is 1.47. The van der Waals surface area contributed by atoms with Gasteiger partial charge >= 0.3 is 11.9 Å². The number of ether oxygens (including phenoxy) is 2. The lowest BCUT2D eigenvalue weighted by atomic mass is 10.1. The molecule has 0 bridgehead atoms. The maximum atomic E-state index is 11.6. The van der Waals surface area contributed by atoms with Crippen LogP contribution >= 0.6 is 0 Å². The van der Waals surface area contributed by atoms with Crippen molar-refractivity contribution >= 4 is 23.0 Å². The second-order valence-corrected chi connectivity index (χ2v) is 5.41. The largest absolute Gasteiger partial charge is 0.477 e. The number of carbonyl (C=O) groups is 2. The lowest BCUT2D eigenvalue weighted by Gasteiger charge is -2.14. The molecule has 2 rings (SSSR count). The summed E-state index contributed by atoms with van der Waals surface area (Å²) in [7, 11) is 0. The van der Waals surface area contributed by atoms with E-state index in [1.165, 1.54) is 16.9 Å². The van der Waals surface area contributed by atoms with Gasteiger partial charge in [0.05, 0.1) is 18.4 Å². The molecule has 0 aliphatic carbocycles. The van der Waals surface area contributed by atoms with Gasteiger partial charge in [-0.15, -0.1) is 0 Å². The highest BCUT2D eigenvalue weighted by atomic mass is 16.6. The Hall–Kier alpha value is -2.32. The van der Waals surface area contributed by atoms with Gasteiger partial charge < -0.3 is 29.3 Å². The van der Waals surface area contributed by atoms with E-state index in [-0.39, 0.29) is 31.6 Å². The molecule has 8 heteroatoms. The fourth-order valence-electron chi connectivity index (χ4n) is 2.02. The Labute approximate surface area is 132 Å². The maximum absolute atomic E-state index is 11.6. The molecule has 0 saturated carbocycles. The standard InChI is InChI=1S/C15H20N2O6/c1-9(2)13(16)15(20)23-6-5-21-8-17-10-3-4-22-12(10)7-11(17)14(18)19/h3-4,7,9,13H,5-6,8,16H2,1-2H3,(H,18,19)/t13-/m0/s1. The van der Waals surface area contributed by atoms with E-state index in [4.69, 9.17) is 19.6 Å². The number of nitrogens with two attached hydrogens (primary N) is 1. The normalized spacial score (nSPS) is 12.7. The van der Waals surface area contributed by atoms with Crippen molar-refractivity contribution in [1.29, 1.82) is 0 Å². The molecule has 2 aromatic rings. The fraction of sp³-hybridized carbons (Fsp3) is 0.467. The van der Waals surface area contributed by atoms with Gasteiger partial charge in [0.1, 0.15) is 25.1 Å². The van der Waals surface area contributed by atoms with Gasteiger partial charge in [-0.3, -0.25) is 4.79 Å². The molecule has 3 N–H and O–H groups in total. The van der Waals surface area contributed by atoms with Gasteiger partial charge in [0.2, 0.25) is 0 Å². The van der Waals surface area contributed by atoms with E-state index in [1.54, 1.807) is 6.07 Å². The van der Waals surface area contributed by atoms with Crippen LogP contribution in [0.15, 0.2) is 22.8 Å². The second-order valence-electron chi connectivity index (χ2n) is 5.41. The number of carboxylic acids is 1. The lowest BCUT2D eigenvalue weighted by Crippen LogP contribution is -2.37. The van der Waals surface area contributed by atoms with E-state index in [9.17, 15) is 14.7 Å². The molecule has 0 saturated heterocycles. The molecule has 0 amide bonds. The van der Waals surface area contributed by atoms with Crippen molar-refractivity contribution in [3.63, 3.8) is 0 Å². The first-order chi connectivity index (χ1) is 10.9. The number of hydrogen-bond donors (Lipinski definition) is 2. The minimum atomic E-state index is -1.07. The highest BCUT2D eigenvalue weighted by molar-refractivity contribution is 5.92. The SMILES string of the molecule is CC(C)[C@H](N)C(=O)OCCOCn1c(C(=O)O)cc2occc21. The number of carbonyl (C=O) groups excluding carboxylic acids is 1. The predicted molar refractivity (Wildman–Crippen MR) is 80.9 cm³/mol. The van der Waals surface area contributed by atoms with E-state index in [2.05, 4.69) is 0 Å². The number of furan rings is 1. The highest BCUT2D eigenvalue weighted by Gasteiger charge is 2.19. The van der Waals surface area contributed by atoms with Crippen LogP contribution in [0.3, 0.4) is 0 Å². The van der Waals surface area contributed by atoms with Gasteiger partial charge in [-0.25, -0.2) is 4.79 Å². The van der Waals surface area contributed by atoms with Crippen molar-refractivity contribution in [2.75, 3.05) is 13.2 Å². The van der Waals surface area contributed by atoms with Crippen molar-refractivity contribution in [3.05, 3.63) is 24.1 Å². The molecule has 0 aliphatic rings. The minimum absolute atomic E-state index is 0.00390. The molecule has 0 spiro atoms. The zero-order chi connectivity index (χ0) is 17.0. The van der Waals surface area contributed by atoms with E-state index in [1.807, 2.05) is 13.8 Å². The predicted octanol–water partition coefficient (Wildman–Crippen LogP) is 1.43. The number of rotatable bonds is 8. The molecule has 23 heavy (non-hydrogen) atoms. The number of esters is 1. The van der Waals surface area contributed by atoms with Gasteiger partial charge in [-0.2, -0.15) is 0 Å². The molecule has 1 atom stereocenters. The van der Waals surface area contributed by atoms with Crippen molar-refractivity contribution in [2.24, 2.45) is 11.7 Å². The summed E-state index contributed by atoms with van der Waals surface area (Å²) in [6.45, 7) is 3.86. The summed E-state index contributed by atoms with van der Waals surface area (Å²) < 4.78 is 17.0. The summed E-state index contributed by atoms with van der Waals surface area (Å²) in [5, 5.41) is 9.17. The van der Waals surface area contributed by atoms with Crippen molar-refractivity contribution in [1.82, 2.24) is 4.57 Å². The Kier molecular flexibility index (Phi) is 5.41. The van der Waals surface area contributed by atoms with Gasteiger partial charge in [0.25, 0.3) is 0 Å². The Morgan fingerprint density at radius 2 is 2.13 bits per heavy atom. The van der Waals surface area contributed by atoms with Gasteiger partial charge in [-0.1, -0.05) is 13.8 Å². The topological polar surface area (TPSA) is 117 Å². The molecule has 0 aliphatic heterocycles. The first-order valence-electron chi connectivity index (χ1n) is 7.21. The summed E-state index contributed by atoms with van der Waals surface area (Å²) >= 11 is 0. The molecule has 126 valence electrons. The first kappa shape index (κ1) is 17.0. The molecule has 0 fully saturated rings. The number of carboxylic acid groups (broad SMARTS) is 1. The third-order valence-electron chi connectivity index (χ3n) is 3.42. The minimum Gasteiger partial charge on any atom is -0.477 e. The van der Waals surface area contributed by atoms with Crippen molar-refractivity contribution in [2.45, 2.75) is 26.6 Å². The quantitative estimate of drug-likeness (QED) is 0.557. The van der Waals surface area contributed by atoms with E-state index >= 15 is 0 Å². The fourth-order valence-corrected chi connectivity index (χ4v) is 2.02. The Morgan fingerprint density at radius 1 is 1.39 bits per heavy atom. The molecular formula is C15H20N2O6. The molecule has 0 radical (unpaired) electrons. The molecule has 0 unspecified atom stereocenters. The van der Waals surface area contributed by atoms with Crippen LogP contribution in [0.1, 0.15) is 24.3 Å². The van der Waals surface area contributed by atoms with Crippen LogP contribution in [0.4, 0.5) is 0 Å². The van der Waals surface area contributed by atoms with Gasteiger partial charge in [0, 0.05) is 12.1 Å². The van der Waals surface area contributed by atoms with E-state index in [0.717, 1.165) is 0 Å². The van der Waals surface area contributed by atoms with Crippen LogP contribution in [0.25, 0.3) is 11.1 Å². The van der Waals surface area contributed by atoms with Crippen LogP contribution in [-0.4, -0.2) is 40.9 Å². The number of aromatic nitrogens is 1. The van der Waals surface area contributed by atoms with Crippen LogP contribution in [0.5, 0.6) is 0 Å². The number of nitrogens with zero attached hydrogens (tertiary/aromatic N) is 1. The molecule has 8 nitrogen and oxygen atoms in total. The molecule has 0 aromatic carbocycles. The monoisotopic (exact) mass is 324 g/mol. The van der Waals surface area contributed by atoms with Gasteiger partial charge in [-0.05, 0) is 5.92 Å². The summed E-state index contributed by atoms with van der Waals surface area (Å²) in [4.78, 5) is 22.8. The van der Waals surface area contributed by atoms with Crippen LogP contribution in [-0.2, 0) is 21.0 Å². The number of aromatic carboxylic acids is 1. The van der Waals surface area contributed by atoms with E-state index < -0.39 is 18.0 Å². The van der Waals surface area contributed by atoms with Crippen molar-refractivity contribution < 1.29 is 28.6 Å². The smallest absolute Gasteiger partial charge is 0.352 e. The Balaban J connectivity index is 1.85. The zero-order valence-corrected chi connectivity index (χ0v) is 13.0. The third kappa shape index (κ3) is 3.91. The first-order valence-corrected chi connectivity index (χ1v) is 7.21. The molecule has 2 heterocycles. The highest BCUT2D eigenvalue weighted by Crippen LogP contribution is 2.21. The third-order valence-corrected chi connectivity index (χ3v) is 3.42. The Morgan fingerprint density at radius 3 is 2.78 bits per heavy atom. The number of hydrogen-bond acceptors (Lipinski definition) is 6. The van der Waals surface area contributed by atoms with Crippen molar-refractivity contribution in [3.8, 4) is 0 Å². The second kappa shape index (κ2) is 7.30. The van der Waals surface area contributed by atoms with Gasteiger partial charge in [0.15, 0.2) is 5.58 Å².